The summed E-state index contributed by atoms with van der Waals surface area (Å²) in [5, 5.41) is 2.94. The molecule has 0 aromatic heterocycles. The number of carbonyl (C=O) groups is 3. The molecular weight excluding hydrogens is 404 g/mol. The Kier molecular flexibility index (Phi) is 5.19. The van der Waals surface area contributed by atoms with Gasteiger partial charge in [-0.15, -0.1) is 0 Å². The highest BCUT2D eigenvalue weighted by Gasteiger charge is 2.36. The molecule has 0 aliphatic carbocycles. The van der Waals surface area contributed by atoms with Gasteiger partial charge in [0, 0.05) is 18.0 Å². The lowest BCUT2D eigenvalue weighted by atomic mass is 9.96. The lowest BCUT2D eigenvalue weighted by Gasteiger charge is -2.25. The molecule has 0 bridgehead atoms. The Morgan fingerprint density at radius 2 is 1.69 bits per heavy atom. The van der Waals surface area contributed by atoms with Crippen molar-refractivity contribution in [2.45, 2.75) is 13.0 Å². The summed E-state index contributed by atoms with van der Waals surface area (Å²) in [4.78, 5) is 39.5. The maximum absolute atomic E-state index is 12.9. The maximum Gasteiger partial charge on any atom is 0.261 e. The van der Waals surface area contributed by atoms with Gasteiger partial charge < -0.3 is 10.1 Å². The zero-order valence-electron chi connectivity index (χ0n) is 17.4. The van der Waals surface area contributed by atoms with Crippen LogP contribution in [0.3, 0.4) is 0 Å². The standard InChI is InChI=1S/C26H22N2O4/c29-24(27-14-18-12-19-8-4-5-9-23(19)32-16-18)20-10-11-21-22(13-20)26(31)28(25(21)30)15-17-6-2-1-3-7-17/h1-11,13,18H,12,14-16H2,(H,27,29). The molecule has 32 heavy (non-hydrogen) atoms. The number of amides is 3. The molecule has 3 aromatic rings. The highest BCUT2D eigenvalue weighted by molar-refractivity contribution is 6.22. The second-order valence-corrected chi connectivity index (χ2v) is 8.14. The number of para-hydroxylation sites is 1. The third kappa shape index (κ3) is 3.75. The lowest BCUT2D eigenvalue weighted by molar-refractivity contribution is 0.0642. The van der Waals surface area contributed by atoms with Gasteiger partial charge in [-0.1, -0.05) is 48.5 Å². The van der Waals surface area contributed by atoms with E-state index in [0.717, 1.165) is 23.3 Å². The van der Waals surface area contributed by atoms with E-state index in [9.17, 15) is 14.4 Å². The predicted molar refractivity (Wildman–Crippen MR) is 119 cm³/mol. The molecule has 1 atom stereocenters. The fraction of sp³-hybridized carbons (Fsp3) is 0.192. The van der Waals surface area contributed by atoms with Gasteiger partial charge in [0.2, 0.25) is 0 Å². The molecule has 2 aliphatic rings. The topological polar surface area (TPSA) is 75.7 Å². The van der Waals surface area contributed by atoms with Crippen LogP contribution in [0.2, 0.25) is 0 Å². The Morgan fingerprint density at radius 3 is 2.53 bits per heavy atom. The first kappa shape index (κ1) is 20.0. The first-order valence-electron chi connectivity index (χ1n) is 10.6. The summed E-state index contributed by atoms with van der Waals surface area (Å²) in [6.07, 6.45) is 0.835. The molecule has 5 rings (SSSR count). The third-order valence-electron chi connectivity index (χ3n) is 5.92. The summed E-state index contributed by atoms with van der Waals surface area (Å²) in [5.74, 6) is 0.0952. The SMILES string of the molecule is O=C(NCC1COc2ccccc2C1)c1ccc2c(c1)C(=O)N(Cc1ccccc1)C2=O. The van der Waals surface area contributed by atoms with E-state index in [1.165, 1.54) is 11.0 Å². The molecule has 0 saturated carbocycles. The summed E-state index contributed by atoms with van der Waals surface area (Å²) in [5.41, 5.74) is 2.98. The number of ether oxygens (including phenoxy) is 1. The molecular formula is C26H22N2O4. The minimum Gasteiger partial charge on any atom is -0.493 e. The lowest BCUT2D eigenvalue weighted by Crippen LogP contribution is -2.34. The van der Waals surface area contributed by atoms with E-state index in [1.807, 2.05) is 54.6 Å². The van der Waals surface area contributed by atoms with Crippen molar-refractivity contribution in [3.63, 3.8) is 0 Å². The van der Waals surface area contributed by atoms with E-state index in [0.29, 0.717) is 24.3 Å². The van der Waals surface area contributed by atoms with Crippen LogP contribution in [0.25, 0.3) is 0 Å². The van der Waals surface area contributed by atoms with Gasteiger partial charge in [-0.25, -0.2) is 0 Å². The van der Waals surface area contributed by atoms with E-state index < -0.39 is 0 Å². The monoisotopic (exact) mass is 426 g/mol. The Hall–Kier alpha value is -3.93. The first-order valence-corrected chi connectivity index (χ1v) is 10.6. The third-order valence-corrected chi connectivity index (χ3v) is 5.92. The van der Waals surface area contributed by atoms with Gasteiger partial charge in [0.15, 0.2) is 0 Å². The fourth-order valence-electron chi connectivity index (χ4n) is 4.20. The van der Waals surface area contributed by atoms with Crippen molar-refractivity contribution in [3.8, 4) is 5.75 Å². The summed E-state index contributed by atoms with van der Waals surface area (Å²) in [7, 11) is 0. The number of imide groups is 1. The molecule has 6 nitrogen and oxygen atoms in total. The number of hydrogen-bond acceptors (Lipinski definition) is 4. The van der Waals surface area contributed by atoms with Crippen molar-refractivity contribution in [1.82, 2.24) is 10.2 Å². The molecule has 2 heterocycles. The van der Waals surface area contributed by atoms with Crippen LogP contribution in [0.5, 0.6) is 5.75 Å². The van der Waals surface area contributed by atoms with E-state index >= 15 is 0 Å². The Bertz CT molecular complexity index is 1210. The van der Waals surface area contributed by atoms with Gasteiger partial charge in [0.05, 0.1) is 24.3 Å². The van der Waals surface area contributed by atoms with Gasteiger partial charge in [-0.05, 0) is 41.8 Å². The predicted octanol–water partition coefficient (Wildman–Crippen LogP) is 3.46. The molecule has 0 radical (unpaired) electrons. The van der Waals surface area contributed by atoms with Crippen LogP contribution in [-0.4, -0.2) is 35.8 Å². The number of hydrogen-bond donors (Lipinski definition) is 1. The van der Waals surface area contributed by atoms with Gasteiger partial charge in [-0.3, -0.25) is 19.3 Å². The van der Waals surface area contributed by atoms with E-state index in [-0.39, 0.29) is 35.7 Å². The van der Waals surface area contributed by atoms with Gasteiger partial charge in [0.1, 0.15) is 5.75 Å². The normalized spacial score (nSPS) is 16.9. The highest BCUT2D eigenvalue weighted by Crippen LogP contribution is 2.27. The largest absolute Gasteiger partial charge is 0.493 e. The van der Waals surface area contributed by atoms with Crippen LogP contribution < -0.4 is 10.1 Å². The average molecular weight is 426 g/mol. The molecule has 3 amide bonds. The summed E-state index contributed by atoms with van der Waals surface area (Å²) in [6, 6.07) is 21.9. The molecule has 0 saturated heterocycles. The summed E-state index contributed by atoms with van der Waals surface area (Å²) < 4.78 is 5.78. The van der Waals surface area contributed by atoms with Gasteiger partial charge in [0.25, 0.3) is 17.7 Å². The molecule has 0 fully saturated rings. The maximum atomic E-state index is 12.9. The van der Waals surface area contributed by atoms with Crippen LogP contribution in [-0.2, 0) is 13.0 Å². The number of carbonyl (C=O) groups excluding carboxylic acids is 3. The van der Waals surface area contributed by atoms with Crippen molar-refractivity contribution >= 4 is 17.7 Å². The second-order valence-electron chi connectivity index (χ2n) is 8.14. The zero-order valence-corrected chi connectivity index (χ0v) is 17.4. The minimum atomic E-state index is -0.374. The molecule has 2 aliphatic heterocycles. The Labute approximate surface area is 185 Å². The van der Waals surface area contributed by atoms with Crippen LogP contribution >= 0.6 is 0 Å². The first-order chi connectivity index (χ1) is 15.6. The van der Waals surface area contributed by atoms with Crippen molar-refractivity contribution in [3.05, 3.63) is 101 Å². The van der Waals surface area contributed by atoms with Crippen molar-refractivity contribution < 1.29 is 19.1 Å². The minimum absolute atomic E-state index is 0.174. The van der Waals surface area contributed by atoms with Crippen LogP contribution in [0.4, 0.5) is 0 Å². The van der Waals surface area contributed by atoms with Crippen LogP contribution in [0.15, 0.2) is 72.8 Å². The summed E-state index contributed by atoms with van der Waals surface area (Å²) >= 11 is 0. The molecule has 0 spiro atoms. The van der Waals surface area contributed by atoms with Gasteiger partial charge >= 0.3 is 0 Å². The number of fused-ring (bicyclic) bond motifs is 2. The van der Waals surface area contributed by atoms with Crippen molar-refractivity contribution in [1.29, 1.82) is 0 Å². The Balaban J connectivity index is 1.25. The van der Waals surface area contributed by atoms with E-state index in [2.05, 4.69) is 5.32 Å². The number of nitrogens with zero attached hydrogens (tertiary/aromatic N) is 1. The van der Waals surface area contributed by atoms with E-state index in [4.69, 9.17) is 4.74 Å². The number of nitrogens with one attached hydrogen (secondary N) is 1. The van der Waals surface area contributed by atoms with Crippen LogP contribution in [0, 0.1) is 5.92 Å². The molecule has 1 unspecified atom stereocenters. The smallest absolute Gasteiger partial charge is 0.261 e. The van der Waals surface area contributed by atoms with Crippen LogP contribution in [0.1, 0.15) is 42.2 Å². The van der Waals surface area contributed by atoms with Crippen molar-refractivity contribution in [2.75, 3.05) is 13.2 Å². The zero-order chi connectivity index (χ0) is 22.1. The Morgan fingerprint density at radius 1 is 0.938 bits per heavy atom. The van der Waals surface area contributed by atoms with Gasteiger partial charge in [-0.2, -0.15) is 0 Å². The molecule has 3 aromatic carbocycles. The quantitative estimate of drug-likeness (QED) is 0.634. The van der Waals surface area contributed by atoms with Crippen molar-refractivity contribution in [2.24, 2.45) is 5.92 Å². The molecule has 6 heteroatoms. The highest BCUT2D eigenvalue weighted by atomic mass is 16.5. The number of benzene rings is 3. The second kappa shape index (κ2) is 8.30. The number of rotatable bonds is 5. The van der Waals surface area contributed by atoms with E-state index in [1.54, 1.807) is 12.1 Å². The fourth-order valence-corrected chi connectivity index (χ4v) is 4.20. The molecule has 1 N–H and O–H groups in total. The molecule has 160 valence electrons. The summed E-state index contributed by atoms with van der Waals surface area (Å²) in [6.45, 7) is 1.22. The average Bonchev–Trinajstić information content (AvgIpc) is 3.07.